The highest BCUT2D eigenvalue weighted by Gasteiger charge is 2.13. The van der Waals surface area contributed by atoms with Crippen molar-refractivity contribution in [2.45, 2.75) is 11.8 Å². The summed E-state index contributed by atoms with van der Waals surface area (Å²) in [6.45, 7) is 1.72. The van der Waals surface area contributed by atoms with Crippen molar-refractivity contribution >= 4 is 17.7 Å². The molecule has 0 saturated heterocycles. The average Bonchev–Trinajstić information content (AvgIpc) is 2.29. The Morgan fingerprint density at radius 1 is 1.44 bits per heavy atom. The Labute approximate surface area is 97.0 Å². The zero-order valence-corrected chi connectivity index (χ0v) is 9.81. The molecule has 0 saturated carbocycles. The number of ether oxygens (including phenoxy) is 1. The summed E-state index contributed by atoms with van der Waals surface area (Å²) >= 11 is 1.29. The molecule has 0 bridgehead atoms. The molecule has 0 radical (unpaired) electrons. The number of esters is 1. The lowest BCUT2D eigenvalue weighted by Gasteiger charge is -2.08. The predicted molar refractivity (Wildman–Crippen MR) is 58.3 cm³/mol. The Hall–Kier alpha value is -1.10. The lowest BCUT2D eigenvalue weighted by molar-refractivity contribution is -0.143. The summed E-state index contributed by atoms with van der Waals surface area (Å²) in [4.78, 5) is 11.7. The van der Waals surface area contributed by atoms with Gasteiger partial charge in [0.15, 0.2) is 11.6 Å². The minimum atomic E-state index is -0.879. The number of rotatable bonds is 4. The van der Waals surface area contributed by atoms with Crippen molar-refractivity contribution in [2.75, 3.05) is 12.9 Å². The minimum absolute atomic E-state index is 0.275. The fourth-order valence-corrected chi connectivity index (χ4v) is 1.99. The van der Waals surface area contributed by atoms with Crippen LogP contribution >= 0.6 is 11.8 Å². The van der Waals surface area contributed by atoms with Crippen LogP contribution in [0.15, 0.2) is 23.1 Å². The van der Waals surface area contributed by atoms with Crippen LogP contribution in [0.1, 0.15) is 6.92 Å². The number of hydrogen-bond donors (Lipinski definition) is 0. The first-order valence-corrected chi connectivity index (χ1v) is 5.69. The third-order valence-electron chi connectivity index (χ3n) is 1.99. The van der Waals surface area contributed by atoms with E-state index in [0.29, 0.717) is 10.6 Å². The van der Waals surface area contributed by atoms with Crippen LogP contribution in [0.25, 0.3) is 0 Å². The molecule has 2 nitrogen and oxygen atoms in total. The molecule has 1 aromatic carbocycles. The molecule has 1 aromatic rings. The van der Waals surface area contributed by atoms with Crippen LogP contribution in [0, 0.1) is 17.6 Å². The maximum absolute atomic E-state index is 12.8. The molecule has 0 amide bonds. The fraction of sp³-hybridized carbons (Fsp3) is 0.364. The average molecular weight is 246 g/mol. The highest BCUT2D eigenvalue weighted by Crippen LogP contribution is 2.22. The van der Waals surface area contributed by atoms with Gasteiger partial charge in [0.25, 0.3) is 0 Å². The molecule has 0 aliphatic rings. The summed E-state index contributed by atoms with van der Waals surface area (Å²) in [5.74, 6) is -1.86. The summed E-state index contributed by atoms with van der Waals surface area (Å²) < 4.78 is 30.0. The summed E-state index contributed by atoms with van der Waals surface area (Å²) in [7, 11) is 1.32. The number of methoxy groups -OCH3 is 1. The summed E-state index contributed by atoms with van der Waals surface area (Å²) in [6.07, 6.45) is 0. The van der Waals surface area contributed by atoms with E-state index in [0.717, 1.165) is 12.1 Å². The lowest BCUT2D eigenvalue weighted by atomic mass is 10.2. The van der Waals surface area contributed by atoms with Gasteiger partial charge >= 0.3 is 5.97 Å². The number of carbonyl (C=O) groups excluding carboxylic acids is 1. The fourth-order valence-electron chi connectivity index (χ4n) is 1.06. The Bertz CT molecular complexity index is 382. The van der Waals surface area contributed by atoms with Gasteiger partial charge < -0.3 is 4.74 Å². The van der Waals surface area contributed by atoms with E-state index >= 15 is 0 Å². The normalized spacial score (nSPS) is 12.2. The molecule has 0 N–H and O–H groups in total. The van der Waals surface area contributed by atoms with Gasteiger partial charge in [0.2, 0.25) is 0 Å². The molecule has 0 spiro atoms. The molecular weight excluding hydrogens is 234 g/mol. The van der Waals surface area contributed by atoms with Gasteiger partial charge in [0.1, 0.15) is 0 Å². The van der Waals surface area contributed by atoms with Crippen molar-refractivity contribution < 1.29 is 18.3 Å². The van der Waals surface area contributed by atoms with Gasteiger partial charge in [-0.1, -0.05) is 6.92 Å². The second kappa shape index (κ2) is 5.84. The van der Waals surface area contributed by atoms with Crippen molar-refractivity contribution in [1.29, 1.82) is 0 Å². The Balaban J connectivity index is 2.55. The monoisotopic (exact) mass is 246 g/mol. The molecule has 88 valence electrons. The van der Waals surface area contributed by atoms with E-state index in [1.165, 1.54) is 24.9 Å². The molecule has 5 heteroatoms. The first-order chi connectivity index (χ1) is 7.54. The summed E-state index contributed by atoms with van der Waals surface area (Å²) in [6, 6.07) is 3.66. The van der Waals surface area contributed by atoms with E-state index < -0.39 is 11.6 Å². The Kier molecular flexibility index (Phi) is 4.73. The highest BCUT2D eigenvalue weighted by atomic mass is 32.2. The van der Waals surface area contributed by atoms with Crippen LogP contribution < -0.4 is 0 Å². The minimum Gasteiger partial charge on any atom is -0.469 e. The molecule has 0 aliphatic heterocycles. The van der Waals surface area contributed by atoms with Gasteiger partial charge in [-0.25, -0.2) is 8.78 Å². The van der Waals surface area contributed by atoms with E-state index in [2.05, 4.69) is 4.74 Å². The van der Waals surface area contributed by atoms with Crippen LogP contribution in [0.3, 0.4) is 0 Å². The van der Waals surface area contributed by atoms with Crippen molar-refractivity contribution in [1.82, 2.24) is 0 Å². The Morgan fingerprint density at radius 3 is 2.69 bits per heavy atom. The first-order valence-electron chi connectivity index (χ1n) is 4.70. The predicted octanol–water partition coefficient (Wildman–Crippen LogP) is 2.87. The van der Waals surface area contributed by atoms with Crippen molar-refractivity contribution in [3.8, 4) is 0 Å². The van der Waals surface area contributed by atoms with Gasteiger partial charge in [0, 0.05) is 10.6 Å². The van der Waals surface area contributed by atoms with Gasteiger partial charge in [-0.15, -0.1) is 11.8 Å². The van der Waals surface area contributed by atoms with Crippen LogP contribution in [0.5, 0.6) is 0 Å². The smallest absolute Gasteiger partial charge is 0.309 e. The molecule has 16 heavy (non-hydrogen) atoms. The van der Waals surface area contributed by atoms with Crippen LogP contribution in [-0.4, -0.2) is 18.8 Å². The standard InChI is InChI=1S/C11H12F2O2S/c1-7(11(14)15-2)6-16-8-3-4-9(12)10(13)5-8/h3-5,7H,6H2,1-2H3. The van der Waals surface area contributed by atoms with Gasteiger partial charge in [-0.3, -0.25) is 4.79 Å². The van der Waals surface area contributed by atoms with Crippen LogP contribution in [0.2, 0.25) is 0 Å². The number of benzene rings is 1. The number of hydrogen-bond acceptors (Lipinski definition) is 3. The molecule has 1 atom stereocenters. The molecular formula is C11H12F2O2S. The molecule has 1 rings (SSSR count). The summed E-state index contributed by atoms with van der Waals surface area (Å²) in [5, 5.41) is 0. The number of halogens is 2. The maximum atomic E-state index is 12.8. The van der Waals surface area contributed by atoms with Crippen LogP contribution in [-0.2, 0) is 9.53 Å². The third kappa shape index (κ3) is 3.48. The Morgan fingerprint density at radius 2 is 2.12 bits per heavy atom. The van der Waals surface area contributed by atoms with Crippen LogP contribution in [0.4, 0.5) is 8.78 Å². The maximum Gasteiger partial charge on any atom is 0.309 e. The van der Waals surface area contributed by atoms with Crippen molar-refractivity contribution in [3.05, 3.63) is 29.8 Å². The number of thioether (sulfide) groups is 1. The largest absolute Gasteiger partial charge is 0.469 e. The quantitative estimate of drug-likeness (QED) is 0.603. The third-order valence-corrected chi connectivity index (χ3v) is 3.25. The van der Waals surface area contributed by atoms with E-state index in [1.807, 2.05) is 0 Å². The second-order valence-corrected chi connectivity index (χ2v) is 4.40. The van der Waals surface area contributed by atoms with Gasteiger partial charge in [-0.2, -0.15) is 0 Å². The molecule has 0 aliphatic carbocycles. The molecule has 0 heterocycles. The molecule has 0 aromatic heterocycles. The van der Waals surface area contributed by atoms with Gasteiger partial charge in [-0.05, 0) is 18.2 Å². The zero-order valence-electron chi connectivity index (χ0n) is 9.00. The summed E-state index contributed by atoms with van der Waals surface area (Å²) in [5.41, 5.74) is 0. The van der Waals surface area contributed by atoms with Crippen molar-refractivity contribution in [2.24, 2.45) is 5.92 Å². The number of carbonyl (C=O) groups is 1. The topological polar surface area (TPSA) is 26.3 Å². The zero-order chi connectivity index (χ0) is 12.1. The second-order valence-electron chi connectivity index (χ2n) is 3.31. The van der Waals surface area contributed by atoms with Crippen molar-refractivity contribution in [3.63, 3.8) is 0 Å². The highest BCUT2D eigenvalue weighted by molar-refractivity contribution is 7.99. The molecule has 1 unspecified atom stereocenters. The van der Waals surface area contributed by atoms with E-state index in [9.17, 15) is 13.6 Å². The van der Waals surface area contributed by atoms with E-state index in [4.69, 9.17) is 0 Å². The molecule has 0 fully saturated rings. The van der Waals surface area contributed by atoms with E-state index in [-0.39, 0.29) is 11.9 Å². The lowest BCUT2D eigenvalue weighted by Crippen LogP contribution is -2.14. The first kappa shape index (κ1) is 13.0. The van der Waals surface area contributed by atoms with Gasteiger partial charge in [0.05, 0.1) is 13.0 Å². The van der Waals surface area contributed by atoms with E-state index in [1.54, 1.807) is 6.92 Å². The SMILES string of the molecule is COC(=O)C(C)CSc1ccc(F)c(F)c1.